The summed E-state index contributed by atoms with van der Waals surface area (Å²) in [5.41, 5.74) is 8.45. The largest absolute Gasteiger partial charge is 0.379 e. The standard InChI is InChI=1S/C26H38F2N4O.C26H37F2N3O2.C24H33F2N3O4S.C21H29F2N3O3S/c1-18(31-14-11-29-12-15-31)10-13-32-19(2)22(17-23(32)25(3,4)5)24(33)30-21-9-7-8-20(16-21)26(6,27)28;1-18(30-12-14-33-15-13-30)10-11-31-19(2)22(17-23(31)25(3,4)5)24(32)29-21-9-7-8-20(16-21)26(6,27)28;1-17-20(22(30)27-19-8-6-7-18(15-19)24(5,25)26)16-21(23(2,3)4)29(17)11-14-34(31,32)28-9-12-33-13-10-28;1-14-17(19(27)25-16-9-7-8-15(12-16)21(5,22)23)13-18(20(2,3)4)26(14)10-11-30(28,29)24-6/h7-9,16-18,29H,10-15H2,1-6H3,(H,30,33);7-9,16-18H,10-15H2,1-6H3,(H,29,32);6-8,15-16H,9-14H2,1-5H3,(H,27,30);7-9,12-13,24H,10-11H2,1-6H3,(H,25,27). The lowest BCUT2D eigenvalue weighted by Gasteiger charge is -2.33. The van der Waals surface area contributed by atoms with Gasteiger partial charge in [0.2, 0.25) is 20.0 Å². The topological polar surface area (TPSA) is 257 Å². The fraction of sp³-hybridized carbons (Fsp3) is 0.546. The van der Waals surface area contributed by atoms with E-state index in [0.717, 1.165) is 140 Å². The molecular weight excluding hydrogens is 1720 g/mol. The highest BCUT2D eigenvalue weighted by Gasteiger charge is 2.36. The summed E-state index contributed by atoms with van der Waals surface area (Å²) in [6.45, 7) is 51.0. The van der Waals surface area contributed by atoms with E-state index in [1.54, 1.807) is 56.3 Å². The Labute approximate surface area is 764 Å². The number of hydrogen-bond donors (Lipinski definition) is 6. The van der Waals surface area contributed by atoms with Gasteiger partial charge in [-0.15, -0.1) is 0 Å². The van der Waals surface area contributed by atoms with Gasteiger partial charge in [-0.2, -0.15) is 4.31 Å². The van der Waals surface area contributed by atoms with E-state index in [-0.39, 0.29) is 91.7 Å². The van der Waals surface area contributed by atoms with Crippen molar-refractivity contribution < 1.29 is 80.6 Å². The quantitative estimate of drug-likeness (QED) is 0.0250. The van der Waals surface area contributed by atoms with Crippen molar-refractivity contribution in [2.24, 2.45) is 0 Å². The molecule has 3 saturated heterocycles. The molecule has 6 N–H and O–H groups in total. The van der Waals surface area contributed by atoms with E-state index in [1.165, 1.54) is 78.1 Å². The zero-order valence-electron chi connectivity index (χ0n) is 79.9. The molecule has 8 aromatic rings. The van der Waals surface area contributed by atoms with Crippen molar-refractivity contribution >= 4 is 66.4 Å². The van der Waals surface area contributed by atoms with Crippen LogP contribution in [-0.4, -0.2) is 182 Å². The molecule has 2 atom stereocenters. The number of morpholine rings is 2. The Morgan fingerprint density at radius 2 is 0.631 bits per heavy atom. The number of rotatable bonds is 28. The molecule has 0 radical (unpaired) electrons. The molecular formula is C97H137F8N13O10S2. The molecule has 23 nitrogen and oxygen atoms in total. The molecule has 3 aliphatic rings. The molecule has 3 fully saturated rings. The second kappa shape index (κ2) is 43.3. The lowest BCUT2D eigenvalue weighted by Crippen LogP contribution is -2.47. The number of benzene rings is 4. The van der Waals surface area contributed by atoms with Gasteiger partial charge in [-0.3, -0.25) is 29.0 Å². The van der Waals surface area contributed by atoms with Crippen molar-refractivity contribution in [3.8, 4) is 0 Å². The summed E-state index contributed by atoms with van der Waals surface area (Å²) >= 11 is 0. The highest BCUT2D eigenvalue weighted by atomic mass is 32.2. The monoisotopic (exact) mass is 1860 g/mol. The molecule has 3 aliphatic heterocycles. The maximum Gasteiger partial charge on any atom is 0.270 e. The Balaban J connectivity index is 0.000000214. The number of sulfonamides is 2. The van der Waals surface area contributed by atoms with Crippen LogP contribution in [0.1, 0.15) is 247 Å². The number of anilines is 4. The van der Waals surface area contributed by atoms with Crippen molar-refractivity contribution in [1.29, 1.82) is 0 Å². The molecule has 0 bridgehead atoms. The van der Waals surface area contributed by atoms with Crippen LogP contribution in [0.2, 0.25) is 0 Å². The number of piperazine rings is 1. The zero-order chi connectivity index (χ0) is 97.0. The van der Waals surface area contributed by atoms with Crippen molar-refractivity contribution in [3.63, 3.8) is 0 Å². The molecule has 0 spiro atoms. The highest BCUT2D eigenvalue weighted by molar-refractivity contribution is 7.89. The van der Waals surface area contributed by atoms with Crippen LogP contribution in [0.15, 0.2) is 121 Å². The van der Waals surface area contributed by atoms with Gasteiger partial charge in [-0.25, -0.2) is 56.7 Å². The molecule has 11 rings (SSSR count). The third kappa shape index (κ3) is 29.2. The fourth-order valence-corrected chi connectivity index (χ4v) is 18.0. The Morgan fingerprint density at radius 1 is 0.377 bits per heavy atom. The Hall–Kier alpha value is -9.06. The molecule has 4 aromatic heterocycles. The molecule has 2 unspecified atom stereocenters. The van der Waals surface area contributed by atoms with Crippen molar-refractivity contribution in [3.05, 3.63) is 211 Å². The Morgan fingerprint density at radius 3 is 0.892 bits per heavy atom. The normalized spacial score (nSPS) is 15.6. The lowest BCUT2D eigenvalue weighted by molar-refractivity contribution is 0.0168. The molecule has 718 valence electrons. The van der Waals surface area contributed by atoms with Crippen molar-refractivity contribution in [2.45, 2.75) is 249 Å². The van der Waals surface area contributed by atoms with Crippen molar-refractivity contribution in [2.75, 3.05) is 119 Å². The molecule has 130 heavy (non-hydrogen) atoms. The van der Waals surface area contributed by atoms with Gasteiger partial charge >= 0.3 is 0 Å². The number of nitrogens with one attached hydrogen (secondary N) is 6. The molecule has 4 amide bonds. The highest BCUT2D eigenvalue weighted by Crippen LogP contribution is 2.38. The summed E-state index contributed by atoms with van der Waals surface area (Å²) in [5.74, 6) is -13.6. The molecule has 0 aliphatic carbocycles. The zero-order valence-corrected chi connectivity index (χ0v) is 81.5. The predicted molar refractivity (Wildman–Crippen MR) is 501 cm³/mol. The minimum atomic E-state index is -3.48. The third-order valence-corrected chi connectivity index (χ3v) is 27.0. The maximum atomic E-state index is 13.7. The summed E-state index contributed by atoms with van der Waals surface area (Å²) in [5, 5.41) is 14.4. The summed E-state index contributed by atoms with van der Waals surface area (Å²) in [6, 6.07) is 31.2. The van der Waals surface area contributed by atoms with E-state index < -0.39 is 55.6 Å². The number of halogens is 8. The minimum absolute atomic E-state index is 0.0969. The van der Waals surface area contributed by atoms with Gasteiger partial charge in [0.1, 0.15) is 0 Å². The fourth-order valence-electron chi connectivity index (χ4n) is 16.0. The number of alkyl halides is 8. The van der Waals surface area contributed by atoms with Crippen LogP contribution in [0.25, 0.3) is 0 Å². The van der Waals surface area contributed by atoms with Crippen molar-refractivity contribution in [1.82, 2.24) is 42.4 Å². The summed E-state index contributed by atoms with van der Waals surface area (Å²) < 4.78 is 181. The van der Waals surface area contributed by atoms with Gasteiger partial charge in [0.25, 0.3) is 47.3 Å². The van der Waals surface area contributed by atoms with E-state index in [2.05, 4.69) is 106 Å². The van der Waals surface area contributed by atoms with Crippen LogP contribution < -0.4 is 31.3 Å². The van der Waals surface area contributed by atoms with Gasteiger partial charge < -0.3 is 54.3 Å². The number of amides is 4. The molecule has 4 aromatic carbocycles. The number of nitrogens with zero attached hydrogens (tertiary/aromatic N) is 7. The molecule has 7 heterocycles. The summed E-state index contributed by atoms with van der Waals surface area (Å²) in [6.07, 6.45) is 1.96. The van der Waals surface area contributed by atoms with E-state index in [4.69, 9.17) is 9.47 Å². The van der Waals surface area contributed by atoms with Crippen LogP contribution in [0.3, 0.4) is 0 Å². The number of carbonyl (C=O) groups excluding carboxylic acids is 4. The SMILES string of the molecule is CNS(=O)(=O)CCn1c(C(C)(C)C)cc(C(=O)Nc2cccc(C(C)(F)F)c2)c1C.Cc1c(C(=O)Nc2cccc(C(C)(F)F)c2)cc(C(C)(C)C)n1CCC(C)N1CCNCC1.Cc1c(C(=O)Nc2cccc(C(C)(F)F)c2)cc(C(C)(C)C)n1CCC(C)N1CCOCC1.Cc1c(C(=O)Nc2cccc(C(C)(F)F)c2)cc(C(C)(C)C)n1CCS(=O)(=O)N1CCOCC1. The summed E-state index contributed by atoms with van der Waals surface area (Å²) in [4.78, 5) is 57.2. The second-order valence-electron chi connectivity index (χ2n) is 38.5. The number of aromatic nitrogens is 4. The lowest BCUT2D eigenvalue weighted by atomic mass is 9.91. The van der Waals surface area contributed by atoms with E-state index in [9.17, 15) is 71.1 Å². The maximum absolute atomic E-state index is 13.7. The predicted octanol–water partition coefficient (Wildman–Crippen LogP) is 18.8. The number of hydrogen-bond acceptors (Lipinski definition) is 13. The van der Waals surface area contributed by atoms with Crippen LogP contribution in [0.5, 0.6) is 0 Å². The van der Waals surface area contributed by atoms with E-state index in [0.29, 0.717) is 83.4 Å². The van der Waals surface area contributed by atoms with E-state index >= 15 is 0 Å². The average Bonchev–Trinajstić information content (AvgIpc) is 1.64. The van der Waals surface area contributed by atoms with Gasteiger partial charge in [0.15, 0.2) is 0 Å². The van der Waals surface area contributed by atoms with Crippen LogP contribution >= 0.6 is 0 Å². The van der Waals surface area contributed by atoms with Gasteiger partial charge in [-0.05, 0) is 134 Å². The second-order valence-corrected chi connectivity index (χ2v) is 42.6. The molecule has 33 heteroatoms. The van der Waals surface area contributed by atoms with Gasteiger partial charge in [-0.1, -0.05) is 132 Å². The first-order valence-electron chi connectivity index (χ1n) is 44.4. The summed E-state index contributed by atoms with van der Waals surface area (Å²) in [7, 11) is -5.54. The van der Waals surface area contributed by atoms with Crippen LogP contribution in [0, 0.1) is 27.7 Å². The van der Waals surface area contributed by atoms with Crippen LogP contribution in [-0.2, 0) is 101 Å². The first-order chi connectivity index (χ1) is 60.1. The smallest absolute Gasteiger partial charge is 0.270 e. The van der Waals surface area contributed by atoms with Crippen LogP contribution in [0.4, 0.5) is 57.9 Å². The van der Waals surface area contributed by atoms with Gasteiger partial charge in [0.05, 0.1) is 60.2 Å². The first-order valence-corrected chi connectivity index (χ1v) is 47.6. The minimum Gasteiger partial charge on any atom is -0.379 e. The molecule has 0 saturated carbocycles. The number of ether oxygens (including phenoxy) is 2. The average molecular weight is 1860 g/mol. The van der Waals surface area contributed by atoms with E-state index in [1.807, 2.05) is 76.7 Å². The Bertz CT molecular complexity index is 5280. The number of carbonyl (C=O) groups is 4. The van der Waals surface area contributed by atoms with Gasteiger partial charge in [0, 0.05) is 231 Å². The first kappa shape index (κ1) is 106. The third-order valence-electron chi connectivity index (χ3n) is 23.8. The Kier molecular flexibility index (Phi) is 35.4.